The summed E-state index contributed by atoms with van der Waals surface area (Å²) in [5, 5.41) is 21.7. The summed E-state index contributed by atoms with van der Waals surface area (Å²) in [6.45, 7) is 9.16. The maximum absolute atomic E-state index is 9.91. The molecule has 0 amide bonds. The number of benzene rings is 2. The number of aliphatic hydroxyl groups excluding tert-OH is 1. The molecular formula is C25H38O3Si. The normalized spacial score (nSPS) is 14.6. The topological polar surface area (TPSA) is 49.7 Å². The van der Waals surface area contributed by atoms with Gasteiger partial charge in [-0.05, 0) is 35.2 Å². The molecule has 0 saturated heterocycles. The molecule has 0 aliphatic carbocycles. The van der Waals surface area contributed by atoms with Crippen LogP contribution < -0.4 is 10.4 Å². The van der Waals surface area contributed by atoms with E-state index in [-0.39, 0.29) is 11.6 Å². The zero-order chi connectivity index (χ0) is 21.4. The third kappa shape index (κ3) is 6.26. The van der Waals surface area contributed by atoms with E-state index < -0.39 is 13.9 Å². The predicted molar refractivity (Wildman–Crippen MR) is 124 cm³/mol. The van der Waals surface area contributed by atoms with Crippen LogP contribution >= 0.6 is 0 Å². The van der Waals surface area contributed by atoms with Crippen LogP contribution in [0.2, 0.25) is 5.04 Å². The molecule has 0 aliphatic heterocycles. The van der Waals surface area contributed by atoms with Gasteiger partial charge in [-0.1, -0.05) is 101 Å². The molecule has 0 radical (unpaired) electrons. The Morgan fingerprint density at radius 1 is 0.759 bits per heavy atom. The van der Waals surface area contributed by atoms with Crippen LogP contribution in [0.4, 0.5) is 0 Å². The maximum atomic E-state index is 9.91. The van der Waals surface area contributed by atoms with Crippen LogP contribution in [0, 0.1) is 0 Å². The van der Waals surface area contributed by atoms with Gasteiger partial charge in [0, 0.05) is 6.61 Å². The summed E-state index contributed by atoms with van der Waals surface area (Å²) in [4.78, 5) is 0. The van der Waals surface area contributed by atoms with E-state index in [0.717, 1.165) is 32.3 Å². The highest BCUT2D eigenvalue weighted by atomic mass is 28.4. The molecule has 2 rings (SSSR count). The van der Waals surface area contributed by atoms with Gasteiger partial charge >= 0.3 is 0 Å². The molecular weight excluding hydrogens is 376 g/mol. The second-order valence-corrected chi connectivity index (χ2v) is 13.6. The molecule has 2 N–H and O–H groups in total. The van der Waals surface area contributed by atoms with Crippen molar-refractivity contribution in [3.63, 3.8) is 0 Å². The first kappa shape index (κ1) is 23.8. The average Bonchev–Trinajstić information content (AvgIpc) is 2.70. The zero-order valence-corrected chi connectivity index (χ0v) is 19.5. The molecule has 0 heterocycles. The second-order valence-electron chi connectivity index (χ2n) is 9.33. The Morgan fingerprint density at radius 2 is 1.24 bits per heavy atom. The first-order valence-corrected chi connectivity index (χ1v) is 12.7. The summed E-state index contributed by atoms with van der Waals surface area (Å²) in [7, 11) is -2.43. The molecule has 1 atom stereocenters. The predicted octanol–water partition coefficient (Wildman–Crippen LogP) is 4.26. The van der Waals surface area contributed by atoms with Gasteiger partial charge in [-0.25, -0.2) is 0 Å². The van der Waals surface area contributed by atoms with E-state index in [9.17, 15) is 5.11 Å². The second kappa shape index (κ2) is 10.5. The minimum Gasteiger partial charge on any atom is -0.407 e. The van der Waals surface area contributed by atoms with Gasteiger partial charge in [0.05, 0.1) is 12.2 Å². The number of unbranched alkanes of at least 4 members (excludes halogenated alkanes) is 3. The molecule has 160 valence electrons. The van der Waals surface area contributed by atoms with Gasteiger partial charge in [-0.15, -0.1) is 0 Å². The van der Waals surface area contributed by atoms with Gasteiger partial charge in [0.1, 0.15) is 0 Å². The number of rotatable bonds is 11. The summed E-state index contributed by atoms with van der Waals surface area (Å²) >= 11 is 0. The minimum atomic E-state index is -2.43. The lowest BCUT2D eigenvalue weighted by Gasteiger charge is -2.43. The summed E-state index contributed by atoms with van der Waals surface area (Å²) in [6, 6.07) is 21.5. The van der Waals surface area contributed by atoms with Crippen LogP contribution in [-0.2, 0) is 4.43 Å². The molecule has 2 aromatic carbocycles. The Morgan fingerprint density at radius 3 is 1.69 bits per heavy atom. The number of aliphatic hydroxyl groups is 2. The molecule has 0 spiro atoms. The molecule has 3 nitrogen and oxygen atoms in total. The lowest BCUT2D eigenvalue weighted by molar-refractivity contribution is -0.00698. The van der Waals surface area contributed by atoms with E-state index in [4.69, 9.17) is 9.53 Å². The van der Waals surface area contributed by atoms with Crippen LogP contribution in [0.5, 0.6) is 0 Å². The number of hydrogen-bond donors (Lipinski definition) is 2. The minimum absolute atomic E-state index is 0.00946. The first-order valence-electron chi connectivity index (χ1n) is 10.8. The molecule has 0 saturated carbocycles. The van der Waals surface area contributed by atoms with E-state index in [1.165, 1.54) is 10.4 Å². The summed E-state index contributed by atoms with van der Waals surface area (Å²) < 4.78 is 6.88. The van der Waals surface area contributed by atoms with Crippen molar-refractivity contribution in [2.45, 2.75) is 70.4 Å². The van der Waals surface area contributed by atoms with Gasteiger partial charge in [0.15, 0.2) is 0 Å². The molecule has 1 unspecified atom stereocenters. The standard InChI is InChI=1S/C25H38O3Si/c1-24(2,3)29(22-15-9-7-10-16-22,23-17-11-8-12-18-23)28-20-14-6-5-13-19-25(4,27)21-26/h7-12,15-18,26-27H,5-6,13-14,19-21H2,1-4H3. The Balaban J connectivity index is 2.09. The van der Waals surface area contributed by atoms with E-state index >= 15 is 0 Å². The average molecular weight is 415 g/mol. The fourth-order valence-corrected chi connectivity index (χ4v) is 8.63. The highest BCUT2D eigenvalue weighted by Crippen LogP contribution is 2.36. The molecule has 29 heavy (non-hydrogen) atoms. The maximum Gasteiger partial charge on any atom is 0.261 e. The highest BCUT2D eigenvalue weighted by Gasteiger charge is 2.49. The monoisotopic (exact) mass is 414 g/mol. The summed E-state index contributed by atoms with van der Waals surface area (Å²) in [5.41, 5.74) is -0.953. The zero-order valence-electron chi connectivity index (χ0n) is 18.5. The van der Waals surface area contributed by atoms with Crippen molar-refractivity contribution in [1.82, 2.24) is 0 Å². The van der Waals surface area contributed by atoms with E-state index in [1.54, 1.807) is 6.92 Å². The first-order chi connectivity index (χ1) is 13.7. The molecule has 0 fully saturated rings. The highest BCUT2D eigenvalue weighted by molar-refractivity contribution is 6.99. The Labute approximate surface area is 177 Å². The lowest BCUT2D eigenvalue weighted by atomic mass is 9.99. The van der Waals surface area contributed by atoms with Gasteiger partial charge in [-0.2, -0.15) is 0 Å². The Bertz CT molecular complexity index is 668. The van der Waals surface area contributed by atoms with Crippen molar-refractivity contribution in [2.24, 2.45) is 0 Å². The van der Waals surface area contributed by atoms with Gasteiger partial charge in [0.2, 0.25) is 0 Å². The quantitative estimate of drug-likeness (QED) is 0.427. The fraction of sp³-hybridized carbons (Fsp3) is 0.520. The van der Waals surface area contributed by atoms with Gasteiger partial charge < -0.3 is 14.6 Å². The van der Waals surface area contributed by atoms with E-state index in [2.05, 4.69) is 81.4 Å². The van der Waals surface area contributed by atoms with Crippen molar-refractivity contribution in [2.75, 3.05) is 13.2 Å². The van der Waals surface area contributed by atoms with Crippen molar-refractivity contribution in [3.05, 3.63) is 60.7 Å². The summed E-state index contributed by atoms with van der Waals surface area (Å²) in [5.74, 6) is 0. The van der Waals surface area contributed by atoms with Crippen molar-refractivity contribution in [3.8, 4) is 0 Å². The summed E-state index contributed by atoms with van der Waals surface area (Å²) in [6.07, 6.45) is 4.68. The van der Waals surface area contributed by atoms with Crippen molar-refractivity contribution in [1.29, 1.82) is 0 Å². The third-order valence-electron chi connectivity index (χ3n) is 5.69. The van der Waals surface area contributed by atoms with Gasteiger partial charge in [0.25, 0.3) is 8.32 Å². The van der Waals surface area contributed by atoms with Gasteiger partial charge in [-0.3, -0.25) is 0 Å². The van der Waals surface area contributed by atoms with E-state index in [1.807, 2.05) is 0 Å². The SMILES string of the molecule is CC(O)(CO)CCCCCCO[Si](c1ccccc1)(c1ccccc1)C(C)(C)C. The Kier molecular flexibility index (Phi) is 8.65. The van der Waals surface area contributed by atoms with Crippen molar-refractivity contribution >= 4 is 18.7 Å². The largest absolute Gasteiger partial charge is 0.407 e. The molecule has 2 aromatic rings. The smallest absolute Gasteiger partial charge is 0.261 e. The molecule has 0 aliphatic rings. The van der Waals surface area contributed by atoms with Crippen LogP contribution in [0.25, 0.3) is 0 Å². The van der Waals surface area contributed by atoms with Crippen molar-refractivity contribution < 1.29 is 14.6 Å². The Hall–Kier alpha value is -1.46. The van der Waals surface area contributed by atoms with Crippen LogP contribution in [0.1, 0.15) is 59.8 Å². The van der Waals surface area contributed by atoms with E-state index in [0.29, 0.717) is 6.42 Å². The number of hydrogen-bond acceptors (Lipinski definition) is 3. The van der Waals surface area contributed by atoms with Crippen LogP contribution in [0.15, 0.2) is 60.7 Å². The van der Waals surface area contributed by atoms with Crippen LogP contribution in [0.3, 0.4) is 0 Å². The molecule has 0 bridgehead atoms. The fourth-order valence-electron chi connectivity index (χ4n) is 4.03. The lowest BCUT2D eigenvalue weighted by Crippen LogP contribution is -2.66. The third-order valence-corrected chi connectivity index (χ3v) is 10.7. The molecule has 0 aromatic heterocycles. The molecule has 4 heteroatoms. The van der Waals surface area contributed by atoms with Crippen LogP contribution in [-0.4, -0.2) is 37.3 Å².